The molecule has 1 aromatic carbocycles. The summed E-state index contributed by atoms with van der Waals surface area (Å²) in [6.07, 6.45) is -3.85. The molecule has 2 amide bonds. The van der Waals surface area contributed by atoms with Gasteiger partial charge >= 0.3 is 12.2 Å². The zero-order valence-electron chi connectivity index (χ0n) is 15.2. The first-order valence-electron chi connectivity index (χ1n) is 8.90. The molecular weight excluding hydrogens is 420 g/mol. The zero-order chi connectivity index (χ0) is 20.7. The number of ether oxygens (including phenoxy) is 1. The number of hydrogen-bond acceptors (Lipinski definition) is 3. The first kappa shape index (κ1) is 21.5. The van der Waals surface area contributed by atoms with Crippen LogP contribution in [0.15, 0.2) is 6.07 Å². The van der Waals surface area contributed by atoms with E-state index in [2.05, 4.69) is 10.6 Å². The molecular formula is C18H21Cl2F3N2O3. The summed E-state index contributed by atoms with van der Waals surface area (Å²) in [5.74, 6) is 0. The lowest BCUT2D eigenvalue weighted by atomic mass is 9.82. The van der Waals surface area contributed by atoms with Crippen molar-refractivity contribution in [2.45, 2.75) is 44.4 Å². The van der Waals surface area contributed by atoms with Crippen molar-refractivity contribution in [2.24, 2.45) is 5.41 Å². The van der Waals surface area contributed by atoms with Gasteiger partial charge in [-0.15, -0.1) is 0 Å². The number of halogens is 5. The quantitative estimate of drug-likeness (QED) is 0.641. The van der Waals surface area contributed by atoms with Gasteiger partial charge in [0.25, 0.3) is 0 Å². The summed E-state index contributed by atoms with van der Waals surface area (Å²) in [5, 5.41) is 15.1. The van der Waals surface area contributed by atoms with Crippen LogP contribution in [0.1, 0.15) is 37.3 Å². The van der Waals surface area contributed by atoms with E-state index >= 15 is 0 Å². The maximum Gasteiger partial charge on any atom is 0.421 e. The van der Waals surface area contributed by atoms with Crippen LogP contribution < -0.4 is 10.6 Å². The van der Waals surface area contributed by atoms with E-state index in [0.717, 1.165) is 18.9 Å². The molecule has 1 aromatic rings. The second kappa shape index (κ2) is 7.55. The summed E-state index contributed by atoms with van der Waals surface area (Å²) >= 11 is 12.3. The zero-order valence-corrected chi connectivity index (χ0v) is 16.7. The Morgan fingerprint density at radius 1 is 1.29 bits per heavy atom. The van der Waals surface area contributed by atoms with Crippen molar-refractivity contribution >= 4 is 34.9 Å². The van der Waals surface area contributed by atoms with Crippen molar-refractivity contribution < 1.29 is 27.8 Å². The normalized spacial score (nSPS) is 24.0. The maximum absolute atomic E-state index is 13.3. The Hall–Kier alpha value is -1.22. The molecule has 1 aliphatic carbocycles. The minimum absolute atomic E-state index is 0.0307. The topological polar surface area (TPSA) is 70.6 Å². The highest BCUT2D eigenvalue weighted by atomic mass is 35.5. The molecule has 0 bridgehead atoms. The molecule has 1 fully saturated rings. The molecule has 28 heavy (non-hydrogen) atoms. The smallest absolute Gasteiger partial charge is 0.381 e. The van der Waals surface area contributed by atoms with Gasteiger partial charge in [-0.3, -0.25) is 0 Å². The molecule has 3 rings (SSSR count). The van der Waals surface area contributed by atoms with E-state index < -0.39 is 24.2 Å². The van der Waals surface area contributed by atoms with Crippen molar-refractivity contribution in [1.82, 2.24) is 5.32 Å². The number of aliphatic hydroxyl groups is 1. The average molecular weight is 441 g/mol. The average Bonchev–Trinajstić information content (AvgIpc) is 2.96. The van der Waals surface area contributed by atoms with Gasteiger partial charge < -0.3 is 20.5 Å². The van der Waals surface area contributed by atoms with Gasteiger partial charge in [0, 0.05) is 19.8 Å². The highest BCUT2D eigenvalue weighted by molar-refractivity contribution is 6.40. The third-order valence-corrected chi connectivity index (χ3v) is 6.30. The Kier molecular flexibility index (Phi) is 5.80. The second-order valence-electron chi connectivity index (χ2n) is 7.66. The molecule has 0 radical (unpaired) electrons. The summed E-state index contributed by atoms with van der Waals surface area (Å²) < 4.78 is 45.2. The summed E-state index contributed by atoms with van der Waals surface area (Å²) in [7, 11) is 0. The Morgan fingerprint density at radius 3 is 2.54 bits per heavy atom. The lowest BCUT2D eigenvalue weighted by Gasteiger charge is -2.33. The van der Waals surface area contributed by atoms with Crippen LogP contribution >= 0.6 is 23.2 Å². The fourth-order valence-corrected chi connectivity index (χ4v) is 4.26. The molecule has 0 saturated carbocycles. The van der Waals surface area contributed by atoms with Crippen LogP contribution in [0, 0.1) is 5.41 Å². The van der Waals surface area contributed by atoms with Gasteiger partial charge in [-0.25, -0.2) is 4.79 Å². The molecule has 1 heterocycles. The molecule has 1 aliphatic heterocycles. The number of urea groups is 1. The maximum atomic E-state index is 13.3. The van der Waals surface area contributed by atoms with E-state index in [1.54, 1.807) is 0 Å². The third kappa shape index (κ3) is 3.92. The van der Waals surface area contributed by atoms with Gasteiger partial charge in [-0.2, -0.15) is 13.2 Å². The van der Waals surface area contributed by atoms with E-state index in [1.165, 1.54) is 0 Å². The number of nitrogens with one attached hydrogen (secondary N) is 2. The monoisotopic (exact) mass is 440 g/mol. The number of alkyl halides is 3. The van der Waals surface area contributed by atoms with Gasteiger partial charge in [-0.1, -0.05) is 30.1 Å². The Bertz CT molecular complexity index is 782. The van der Waals surface area contributed by atoms with Gasteiger partial charge in [-0.05, 0) is 48.3 Å². The minimum atomic E-state index is -4.85. The van der Waals surface area contributed by atoms with Crippen molar-refractivity contribution in [3.05, 3.63) is 27.2 Å². The van der Waals surface area contributed by atoms with Crippen molar-refractivity contribution in [1.29, 1.82) is 0 Å². The van der Waals surface area contributed by atoms with E-state index in [-0.39, 0.29) is 38.7 Å². The number of hydrogen-bond donors (Lipinski definition) is 3. The summed E-state index contributed by atoms with van der Waals surface area (Å²) in [5.41, 5.74) is -3.28. The summed E-state index contributed by atoms with van der Waals surface area (Å²) in [6.45, 7) is 3.72. The van der Waals surface area contributed by atoms with Gasteiger partial charge in [0.2, 0.25) is 0 Å². The predicted octanol–water partition coefficient (Wildman–Crippen LogP) is 4.63. The molecule has 3 N–H and O–H groups in total. The Labute approximate surface area is 170 Å². The highest BCUT2D eigenvalue weighted by Crippen LogP contribution is 2.52. The van der Waals surface area contributed by atoms with Crippen molar-refractivity contribution in [2.75, 3.05) is 25.1 Å². The number of carbonyl (C=O) groups excluding carboxylic acids is 1. The van der Waals surface area contributed by atoms with Crippen LogP contribution in [0.2, 0.25) is 10.0 Å². The van der Waals surface area contributed by atoms with Crippen molar-refractivity contribution in [3.63, 3.8) is 0 Å². The lowest BCUT2D eigenvalue weighted by molar-refractivity contribution is -0.265. The van der Waals surface area contributed by atoms with Crippen LogP contribution in [-0.2, 0) is 16.8 Å². The first-order valence-corrected chi connectivity index (χ1v) is 9.65. The summed E-state index contributed by atoms with van der Waals surface area (Å²) in [4.78, 5) is 12.3. The fourth-order valence-electron chi connectivity index (χ4n) is 3.62. The molecule has 1 atom stereocenters. The highest BCUT2D eigenvalue weighted by Gasteiger charge is 2.58. The Balaban J connectivity index is 1.76. The second-order valence-corrected chi connectivity index (χ2v) is 8.45. The summed E-state index contributed by atoms with van der Waals surface area (Å²) in [6, 6.07) is 0.471. The van der Waals surface area contributed by atoms with Gasteiger partial charge in [0.1, 0.15) is 0 Å². The Morgan fingerprint density at radius 2 is 1.93 bits per heavy atom. The number of anilines is 1. The van der Waals surface area contributed by atoms with Crippen LogP contribution in [0.5, 0.6) is 0 Å². The molecule has 1 saturated heterocycles. The molecule has 2 aliphatic rings. The first-order chi connectivity index (χ1) is 13.0. The van der Waals surface area contributed by atoms with Crippen LogP contribution in [0.3, 0.4) is 0 Å². The third-order valence-electron chi connectivity index (χ3n) is 5.58. The number of amides is 2. The van der Waals surface area contributed by atoms with Crippen molar-refractivity contribution in [3.8, 4) is 0 Å². The van der Waals surface area contributed by atoms with Crippen LogP contribution in [0.25, 0.3) is 0 Å². The number of carbonyl (C=O) groups is 1. The molecule has 1 unspecified atom stereocenters. The van der Waals surface area contributed by atoms with Crippen LogP contribution in [-0.4, -0.2) is 37.1 Å². The standard InChI is InChI=1S/C18H21Cl2F3N2O3/c1-16(4-6-28-7-5-16)9-24-15(26)25-14-12(19)8-11-10(13(14)20)2-3-17(11,27)18(21,22)23/h8,27H,2-7,9H2,1H3,(H2,24,25,26). The number of fused-ring (bicyclic) bond motifs is 1. The van der Waals surface area contributed by atoms with Gasteiger partial charge in [0.05, 0.1) is 15.7 Å². The molecule has 156 valence electrons. The minimum Gasteiger partial charge on any atom is -0.381 e. The van der Waals surface area contributed by atoms with E-state index in [1.807, 2.05) is 6.92 Å². The van der Waals surface area contributed by atoms with E-state index in [0.29, 0.717) is 19.8 Å². The number of rotatable bonds is 3. The van der Waals surface area contributed by atoms with Crippen LogP contribution in [0.4, 0.5) is 23.7 Å². The SMILES string of the molecule is CC1(CNC(=O)Nc2c(Cl)cc3c(c2Cl)CCC3(O)C(F)(F)F)CCOCC1. The number of benzene rings is 1. The van der Waals surface area contributed by atoms with E-state index in [4.69, 9.17) is 27.9 Å². The lowest BCUT2D eigenvalue weighted by Crippen LogP contribution is -2.41. The van der Waals surface area contributed by atoms with Gasteiger partial charge in [0.15, 0.2) is 5.60 Å². The van der Waals surface area contributed by atoms with E-state index in [9.17, 15) is 23.1 Å². The molecule has 0 aromatic heterocycles. The fraction of sp³-hybridized carbons (Fsp3) is 0.611. The predicted molar refractivity (Wildman–Crippen MR) is 99.9 cm³/mol. The molecule has 5 nitrogen and oxygen atoms in total. The molecule has 10 heteroatoms. The molecule has 0 spiro atoms. The largest absolute Gasteiger partial charge is 0.421 e.